The molecule has 4 aromatic rings. The van der Waals surface area contributed by atoms with Crippen LogP contribution in [-0.2, 0) is 11.3 Å². The van der Waals surface area contributed by atoms with Gasteiger partial charge in [0.1, 0.15) is 17.9 Å². The Morgan fingerprint density at radius 1 is 1.12 bits per heavy atom. The minimum absolute atomic E-state index is 0.0978. The number of hydrogen-bond donors (Lipinski definition) is 4. The van der Waals surface area contributed by atoms with Gasteiger partial charge in [-0.3, -0.25) is 20.1 Å². The Morgan fingerprint density at radius 2 is 1.91 bits per heavy atom. The number of H-pyrrole nitrogens is 1. The number of nitrogens with zero attached hydrogens (tertiary/aromatic N) is 5. The molecule has 0 amide bonds. The summed E-state index contributed by atoms with van der Waals surface area (Å²) in [6.45, 7) is 0.352. The molecule has 0 aliphatic heterocycles. The molecule has 11 nitrogen and oxygen atoms in total. The van der Waals surface area contributed by atoms with Crippen LogP contribution < -0.4 is 10.9 Å². The Bertz CT molecular complexity index is 1360. The molecule has 0 saturated carbocycles. The predicted octanol–water partition coefficient (Wildman–Crippen LogP) is 1.31. The monoisotopic (exact) mass is 459 g/mol. The van der Waals surface area contributed by atoms with Crippen molar-refractivity contribution in [2.45, 2.75) is 19.1 Å². The maximum atomic E-state index is 11.8. The van der Waals surface area contributed by atoms with Crippen LogP contribution in [0.2, 0.25) is 0 Å². The van der Waals surface area contributed by atoms with Crippen LogP contribution >= 0.6 is 0 Å². The van der Waals surface area contributed by atoms with E-state index in [2.05, 4.69) is 25.4 Å². The Morgan fingerprint density at radius 3 is 2.56 bits per heavy atom. The molecule has 4 N–H and O–H groups in total. The summed E-state index contributed by atoms with van der Waals surface area (Å²) < 4.78 is 6.19. The van der Waals surface area contributed by atoms with Crippen LogP contribution in [0.25, 0.3) is 17.2 Å². The average molecular weight is 459 g/mol. The maximum Gasteiger partial charge on any atom is 0.270 e. The lowest BCUT2D eigenvalue weighted by Gasteiger charge is -2.11. The molecule has 11 heteroatoms. The number of rotatable bonds is 8. The number of nitrogens with one attached hydrogen (secondary N) is 2. The number of aliphatic hydroxyl groups is 2. The maximum absolute atomic E-state index is 11.8. The summed E-state index contributed by atoms with van der Waals surface area (Å²) in [4.78, 5) is 22.7. The molecule has 0 fully saturated rings. The molecule has 172 valence electrons. The molecule has 0 aliphatic rings. The molecular weight excluding hydrogens is 438 g/mol. The lowest BCUT2D eigenvalue weighted by atomic mass is 10.1. The predicted molar refractivity (Wildman–Crippen MR) is 120 cm³/mol. The zero-order valence-electron chi connectivity index (χ0n) is 18.1. The molecule has 0 aliphatic carbocycles. The highest BCUT2D eigenvalue weighted by atomic mass is 16.6. The first-order valence-electron chi connectivity index (χ1n) is 10.2. The fourth-order valence-corrected chi connectivity index (χ4v) is 3.16. The summed E-state index contributed by atoms with van der Waals surface area (Å²) in [5.41, 5.74) is 2.99. The lowest BCUT2D eigenvalue weighted by Crippen LogP contribution is -2.20. The van der Waals surface area contributed by atoms with Crippen molar-refractivity contribution >= 4 is 0 Å². The zero-order chi connectivity index (χ0) is 24.1. The van der Waals surface area contributed by atoms with Gasteiger partial charge in [-0.2, -0.15) is 10.4 Å². The number of nitriles is 1. The number of aliphatic hydroxyl groups excluding tert-OH is 2. The first-order valence-corrected chi connectivity index (χ1v) is 10.2. The molecule has 0 bridgehead atoms. The van der Waals surface area contributed by atoms with Gasteiger partial charge in [-0.05, 0) is 11.6 Å². The van der Waals surface area contributed by atoms with E-state index in [0.717, 1.165) is 23.0 Å². The second-order valence-electron chi connectivity index (χ2n) is 7.32. The largest absolute Gasteiger partial charge is 0.374 e. The molecule has 34 heavy (non-hydrogen) atoms. The molecule has 0 saturated heterocycles. The normalized spacial score (nSPS) is 12.8. The van der Waals surface area contributed by atoms with E-state index in [-0.39, 0.29) is 11.5 Å². The number of aromatic amines is 1. The van der Waals surface area contributed by atoms with Crippen LogP contribution in [0.5, 0.6) is 0 Å². The fourth-order valence-electron chi connectivity index (χ4n) is 3.16. The number of ether oxygens (including phenoxy) is 1. The van der Waals surface area contributed by atoms with Crippen LogP contribution in [0.3, 0.4) is 0 Å². The quantitative estimate of drug-likeness (QED) is 0.285. The smallest absolute Gasteiger partial charge is 0.270 e. The molecule has 2 atom stereocenters. The van der Waals surface area contributed by atoms with E-state index in [4.69, 9.17) is 10.00 Å². The number of methoxy groups -OCH3 is 1. The lowest BCUT2D eigenvalue weighted by molar-refractivity contribution is -0.0769. The summed E-state index contributed by atoms with van der Waals surface area (Å²) in [7, 11) is 1.44. The first-order chi connectivity index (χ1) is 16.5. The third-order valence-corrected chi connectivity index (χ3v) is 5.08. The summed E-state index contributed by atoms with van der Waals surface area (Å²) >= 11 is 0. The molecule has 0 spiro atoms. The van der Waals surface area contributed by atoms with E-state index in [1.807, 2.05) is 24.3 Å². The second-order valence-corrected chi connectivity index (χ2v) is 7.32. The van der Waals surface area contributed by atoms with Gasteiger partial charge in [-0.15, -0.1) is 0 Å². The van der Waals surface area contributed by atoms with Crippen molar-refractivity contribution in [1.29, 1.82) is 5.26 Å². The van der Waals surface area contributed by atoms with Gasteiger partial charge in [0, 0.05) is 42.7 Å². The van der Waals surface area contributed by atoms with Crippen molar-refractivity contribution in [2.24, 2.45) is 0 Å². The van der Waals surface area contributed by atoms with E-state index in [0.29, 0.717) is 17.7 Å². The minimum atomic E-state index is -1.02. The molecule has 3 aromatic heterocycles. The van der Waals surface area contributed by atoms with Gasteiger partial charge >= 0.3 is 0 Å². The summed E-state index contributed by atoms with van der Waals surface area (Å²) in [5.74, 6) is 0.131. The molecule has 2 unspecified atom stereocenters. The van der Waals surface area contributed by atoms with Gasteiger partial charge in [0.25, 0.3) is 5.56 Å². The van der Waals surface area contributed by atoms with E-state index in [1.54, 1.807) is 24.4 Å². The van der Waals surface area contributed by atoms with Gasteiger partial charge < -0.3 is 14.9 Å². The van der Waals surface area contributed by atoms with Gasteiger partial charge in [-0.1, -0.05) is 30.3 Å². The van der Waals surface area contributed by atoms with Gasteiger partial charge in [0.15, 0.2) is 6.29 Å². The second kappa shape index (κ2) is 10.2. The van der Waals surface area contributed by atoms with Crippen molar-refractivity contribution in [3.63, 3.8) is 0 Å². The minimum Gasteiger partial charge on any atom is -0.374 e. The highest BCUT2D eigenvalue weighted by Gasteiger charge is 2.12. The number of pyridine rings is 1. The van der Waals surface area contributed by atoms with Crippen molar-refractivity contribution < 1.29 is 14.9 Å². The summed E-state index contributed by atoms with van der Waals surface area (Å²) in [5, 5.41) is 36.1. The number of aromatic nitrogens is 5. The molecule has 4 rings (SSSR count). The Labute approximate surface area is 193 Å². The van der Waals surface area contributed by atoms with Crippen molar-refractivity contribution in [1.82, 2.24) is 30.0 Å². The number of benzene rings is 1. The van der Waals surface area contributed by atoms with Crippen molar-refractivity contribution in [2.75, 3.05) is 7.11 Å². The van der Waals surface area contributed by atoms with Gasteiger partial charge in [-0.25, -0.2) is 9.67 Å². The van der Waals surface area contributed by atoms with Crippen molar-refractivity contribution in [3.8, 4) is 23.3 Å². The van der Waals surface area contributed by atoms with Crippen LogP contribution in [0.15, 0.2) is 66.0 Å². The van der Waals surface area contributed by atoms with Gasteiger partial charge in [0.05, 0.1) is 18.1 Å². The molecule has 0 radical (unpaired) electrons. The van der Waals surface area contributed by atoms with E-state index >= 15 is 0 Å². The Hall–Kier alpha value is -4.21. The van der Waals surface area contributed by atoms with Crippen LogP contribution in [0.4, 0.5) is 0 Å². The Kier molecular flexibility index (Phi) is 6.86. The van der Waals surface area contributed by atoms with E-state index in [1.165, 1.54) is 24.2 Å². The van der Waals surface area contributed by atoms with Crippen molar-refractivity contribution in [3.05, 3.63) is 93.8 Å². The van der Waals surface area contributed by atoms with E-state index in [9.17, 15) is 15.0 Å². The zero-order valence-corrected chi connectivity index (χ0v) is 18.1. The van der Waals surface area contributed by atoms with Crippen LogP contribution in [-0.4, -0.2) is 42.1 Å². The highest BCUT2D eigenvalue weighted by Crippen LogP contribution is 2.21. The number of hydrogen-bond acceptors (Lipinski definition) is 9. The topological polar surface area (TPSA) is 162 Å². The third kappa shape index (κ3) is 5.06. The first kappa shape index (κ1) is 23.0. The summed E-state index contributed by atoms with van der Waals surface area (Å²) in [6.07, 6.45) is 3.87. The van der Waals surface area contributed by atoms with Crippen LogP contribution in [0.1, 0.15) is 34.8 Å². The SMILES string of the molecule is COC(O)c1ccc(-c2ccc(CNC(O)c3cnn(-c4ncc(C#N)c(=O)[nH]4)c3)cn2)cc1. The fraction of sp³-hybridized carbons (Fsp3) is 0.174. The highest BCUT2D eigenvalue weighted by molar-refractivity contribution is 5.59. The average Bonchev–Trinajstić information content (AvgIpc) is 3.38. The van der Waals surface area contributed by atoms with E-state index < -0.39 is 18.1 Å². The third-order valence-electron chi connectivity index (χ3n) is 5.08. The van der Waals surface area contributed by atoms with Gasteiger partial charge in [0.2, 0.25) is 5.95 Å². The van der Waals surface area contributed by atoms with Crippen LogP contribution in [0, 0.1) is 11.3 Å². The molecule has 1 aromatic carbocycles. The standard InChI is InChI=1S/C23H21N7O4/c1-34-22(33)16-5-3-15(4-6-16)19-7-2-14(9-25-19)10-26-20(31)18-12-28-30(13-18)23-27-11-17(8-24)21(32)29-23/h2-7,9,11-13,20,22,26,31,33H,10H2,1H3,(H,27,29,32). The molecule has 3 heterocycles. The molecular formula is C23H21N7O4. The summed E-state index contributed by atoms with van der Waals surface area (Å²) in [6, 6.07) is 12.8. The Balaban J connectivity index is 1.37.